The Hall–Kier alpha value is -2.15. The number of ether oxygens (including phenoxy) is 2. The second-order valence-electron chi connectivity index (χ2n) is 4.82. The molecule has 0 saturated carbocycles. The molecule has 1 aromatic heterocycles. The number of H-pyrrole nitrogens is 1. The van der Waals surface area contributed by atoms with Gasteiger partial charge in [0.05, 0.1) is 19.4 Å². The van der Waals surface area contributed by atoms with Gasteiger partial charge in [-0.3, -0.25) is 5.10 Å². The smallest absolute Gasteiger partial charge is 0.216 e. The average molecular weight is 334 g/mol. The van der Waals surface area contributed by atoms with E-state index in [4.69, 9.17) is 21.7 Å². The maximum absolute atomic E-state index is 5.62. The number of hydrogen-bond donors (Lipinski definition) is 1. The molecule has 0 bridgehead atoms. The molecule has 0 aliphatic heterocycles. The minimum atomic E-state index is 0.487. The van der Waals surface area contributed by atoms with Crippen LogP contribution in [0.1, 0.15) is 38.6 Å². The fourth-order valence-electron chi connectivity index (χ4n) is 2.10. The number of aryl methyl sites for hydroxylation is 1. The van der Waals surface area contributed by atoms with Gasteiger partial charge in [0.1, 0.15) is 0 Å². The summed E-state index contributed by atoms with van der Waals surface area (Å²) in [4.78, 5) is 0. The Morgan fingerprint density at radius 2 is 1.96 bits per heavy atom. The van der Waals surface area contributed by atoms with E-state index in [1.54, 1.807) is 10.9 Å². The van der Waals surface area contributed by atoms with Crippen molar-refractivity contribution in [3.8, 4) is 11.5 Å². The fourth-order valence-corrected chi connectivity index (χ4v) is 2.30. The predicted octanol–water partition coefficient (Wildman–Crippen LogP) is 3.57. The lowest BCUT2D eigenvalue weighted by Gasteiger charge is -2.11. The van der Waals surface area contributed by atoms with E-state index in [1.165, 1.54) is 0 Å². The maximum atomic E-state index is 5.62. The summed E-state index contributed by atoms with van der Waals surface area (Å²) in [5.74, 6) is 2.27. The molecule has 0 amide bonds. The van der Waals surface area contributed by atoms with E-state index in [-0.39, 0.29) is 0 Å². The normalized spacial score (nSPS) is 11.1. The van der Waals surface area contributed by atoms with Crippen LogP contribution in [0.3, 0.4) is 0 Å². The number of nitrogens with one attached hydrogen (secondary N) is 1. The van der Waals surface area contributed by atoms with Crippen LogP contribution in [0, 0.1) is 4.77 Å². The zero-order valence-electron chi connectivity index (χ0n) is 13.7. The van der Waals surface area contributed by atoms with Gasteiger partial charge in [-0.15, -0.1) is 0 Å². The first-order valence-corrected chi connectivity index (χ1v) is 8.20. The highest BCUT2D eigenvalue weighted by Gasteiger charge is 2.06. The Balaban J connectivity index is 2.27. The lowest BCUT2D eigenvalue weighted by atomic mass is 10.2. The lowest BCUT2D eigenvalue weighted by molar-refractivity contribution is 0.288. The first-order chi connectivity index (χ1) is 11.2. The van der Waals surface area contributed by atoms with Crippen molar-refractivity contribution in [2.45, 2.75) is 33.6 Å². The molecule has 0 fully saturated rings. The molecular weight excluding hydrogens is 312 g/mol. The zero-order chi connectivity index (χ0) is 16.7. The number of hydrogen-bond acceptors (Lipinski definition) is 5. The van der Waals surface area contributed by atoms with Gasteiger partial charge in [-0.1, -0.05) is 6.92 Å². The Morgan fingerprint density at radius 3 is 2.65 bits per heavy atom. The second-order valence-corrected chi connectivity index (χ2v) is 5.21. The van der Waals surface area contributed by atoms with Gasteiger partial charge >= 0.3 is 0 Å². The highest BCUT2D eigenvalue weighted by Crippen LogP contribution is 2.28. The van der Waals surface area contributed by atoms with E-state index in [0.717, 1.165) is 30.0 Å². The van der Waals surface area contributed by atoms with Gasteiger partial charge in [0.25, 0.3) is 0 Å². The molecule has 1 heterocycles. The van der Waals surface area contributed by atoms with Gasteiger partial charge in [0.2, 0.25) is 4.77 Å². The van der Waals surface area contributed by atoms with Crippen molar-refractivity contribution >= 4 is 18.4 Å². The summed E-state index contributed by atoms with van der Waals surface area (Å²) in [5, 5.41) is 11.4. The first-order valence-electron chi connectivity index (χ1n) is 7.79. The monoisotopic (exact) mass is 334 g/mol. The molecule has 6 nitrogen and oxygen atoms in total. The van der Waals surface area contributed by atoms with Crippen molar-refractivity contribution in [1.82, 2.24) is 14.9 Å². The van der Waals surface area contributed by atoms with Gasteiger partial charge in [0, 0.05) is 6.42 Å². The fraction of sp³-hybridized carbons (Fsp3) is 0.438. The molecule has 0 aliphatic rings. The Kier molecular flexibility index (Phi) is 6.34. The number of rotatable bonds is 8. The SMILES string of the molecule is CCCc1n[nH]c(=S)n1/N=C\c1ccc(OCC)c(OCC)c1. The van der Waals surface area contributed by atoms with Crippen LogP contribution >= 0.6 is 12.2 Å². The summed E-state index contributed by atoms with van der Waals surface area (Å²) < 4.78 is 13.3. The topological polar surface area (TPSA) is 64.4 Å². The lowest BCUT2D eigenvalue weighted by Crippen LogP contribution is -2.00. The van der Waals surface area contributed by atoms with Crippen molar-refractivity contribution in [1.29, 1.82) is 0 Å². The van der Waals surface area contributed by atoms with E-state index >= 15 is 0 Å². The third kappa shape index (κ3) is 4.41. The molecule has 0 aliphatic carbocycles. The van der Waals surface area contributed by atoms with Gasteiger partial charge in [-0.05, 0) is 56.2 Å². The highest BCUT2D eigenvalue weighted by molar-refractivity contribution is 7.71. The minimum absolute atomic E-state index is 0.487. The predicted molar refractivity (Wildman–Crippen MR) is 93.2 cm³/mol. The largest absolute Gasteiger partial charge is 0.490 e. The van der Waals surface area contributed by atoms with Crippen LogP contribution in [0.2, 0.25) is 0 Å². The summed E-state index contributed by atoms with van der Waals surface area (Å²) >= 11 is 5.21. The maximum Gasteiger partial charge on any atom is 0.216 e. The molecule has 2 aromatic rings. The molecule has 124 valence electrons. The van der Waals surface area contributed by atoms with Crippen molar-refractivity contribution in [3.63, 3.8) is 0 Å². The Bertz CT molecular complexity index is 721. The molecule has 7 heteroatoms. The van der Waals surface area contributed by atoms with E-state index in [9.17, 15) is 0 Å². The van der Waals surface area contributed by atoms with Crippen LogP contribution in [-0.2, 0) is 6.42 Å². The number of nitrogens with zero attached hydrogens (tertiary/aromatic N) is 3. The van der Waals surface area contributed by atoms with Crippen molar-refractivity contribution < 1.29 is 9.47 Å². The standard InChI is InChI=1S/C16H22N4O2S/c1-4-7-15-18-19-16(23)20(15)17-11-12-8-9-13(21-5-2)14(10-12)22-6-3/h8-11H,4-7H2,1-3H3,(H,19,23)/b17-11-. The minimum Gasteiger partial charge on any atom is -0.490 e. The van der Waals surface area contributed by atoms with Crippen molar-refractivity contribution in [2.75, 3.05) is 13.2 Å². The number of aromatic nitrogens is 3. The third-order valence-corrected chi connectivity index (χ3v) is 3.35. The molecular formula is C16H22N4O2S. The molecule has 0 unspecified atom stereocenters. The van der Waals surface area contributed by atoms with Gasteiger partial charge < -0.3 is 9.47 Å². The summed E-state index contributed by atoms with van der Waals surface area (Å²) in [6.07, 6.45) is 3.54. The molecule has 1 aromatic carbocycles. The first kappa shape index (κ1) is 17.2. The molecule has 23 heavy (non-hydrogen) atoms. The van der Waals surface area contributed by atoms with Gasteiger partial charge in [-0.25, -0.2) is 0 Å². The molecule has 0 saturated heterocycles. The number of benzene rings is 1. The van der Waals surface area contributed by atoms with Crippen molar-refractivity contribution in [3.05, 3.63) is 34.4 Å². The van der Waals surface area contributed by atoms with Crippen LogP contribution in [0.5, 0.6) is 11.5 Å². The van der Waals surface area contributed by atoms with Crippen LogP contribution in [0.4, 0.5) is 0 Å². The van der Waals surface area contributed by atoms with Crippen LogP contribution in [-0.4, -0.2) is 34.3 Å². The number of aromatic amines is 1. The molecule has 0 atom stereocenters. The quantitative estimate of drug-likeness (QED) is 0.592. The third-order valence-electron chi connectivity index (χ3n) is 3.08. The van der Waals surface area contributed by atoms with E-state index in [2.05, 4.69) is 22.2 Å². The molecule has 0 spiro atoms. The van der Waals surface area contributed by atoms with E-state index < -0.39 is 0 Å². The van der Waals surface area contributed by atoms with Crippen LogP contribution in [0.25, 0.3) is 0 Å². The molecule has 0 radical (unpaired) electrons. The summed E-state index contributed by atoms with van der Waals surface area (Å²) in [6.45, 7) is 7.15. The van der Waals surface area contributed by atoms with E-state index in [0.29, 0.717) is 23.7 Å². The second kappa shape index (κ2) is 8.47. The van der Waals surface area contributed by atoms with Crippen LogP contribution < -0.4 is 9.47 Å². The zero-order valence-corrected chi connectivity index (χ0v) is 14.5. The Morgan fingerprint density at radius 1 is 1.22 bits per heavy atom. The Labute approximate surface area is 141 Å². The summed E-state index contributed by atoms with van der Waals surface area (Å²) in [5.41, 5.74) is 0.905. The molecule has 1 N–H and O–H groups in total. The van der Waals surface area contributed by atoms with Crippen LogP contribution in [0.15, 0.2) is 23.3 Å². The highest BCUT2D eigenvalue weighted by atomic mass is 32.1. The molecule has 2 rings (SSSR count). The van der Waals surface area contributed by atoms with Gasteiger partial charge in [-0.2, -0.15) is 14.9 Å². The average Bonchev–Trinajstić information content (AvgIpc) is 2.89. The summed E-state index contributed by atoms with van der Waals surface area (Å²) in [7, 11) is 0. The summed E-state index contributed by atoms with van der Waals surface area (Å²) in [6, 6.07) is 5.72. The van der Waals surface area contributed by atoms with E-state index in [1.807, 2.05) is 32.0 Å². The van der Waals surface area contributed by atoms with Crippen molar-refractivity contribution in [2.24, 2.45) is 5.10 Å². The van der Waals surface area contributed by atoms with Gasteiger partial charge in [0.15, 0.2) is 17.3 Å².